The number of phenols is 3. The van der Waals surface area contributed by atoms with Crippen molar-refractivity contribution in [2.24, 2.45) is 0 Å². The molecule has 18 heteroatoms. The summed E-state index contributed by atoms with van der Waals surface area (Å²) in [6, 6.07) is 5.93. The Morgan fingerprint density at radius 1 is 0.804 bits per heavy atom. The van der Waals surface area contributed by atoms with Crippen LogP contribution in [0.1, 0.15) is 56.1 Å². The molecule has 6 N–H and O–H groups in total. The molecular weight excluding hydrogens is 684 g/mol. The van der Waals surface area contributed by atoms with E-state index in [2.05, 4.69) is 0 Å². The molecule has 51 heavy (non-hydrogen) atoms. The lowest BCUT2D eigenvalue weighted by molar-refractivity contribution is -0.351. The summed E-state index contributed by atoms with van der Waals surface area (Å²) in [6.45, 7) is 4.13. The average molecular weight is 723 g/mol. The number of carbonyl (C=O) groups is 4. The molecule has 0 aliphatic carbocycles. The summed E-state index contributed by atoms with van der Waals surface area (Å²) < 4.78 is 45.3. The molecule has 278 valence electrons. The first-order valence-electron chi connectivity index (χ1n) is 15.8. The van der Waals surface area contributed by atoms with Gasteiger partial charge in [-0.05, 0) is 25.1 Å². The molecular formula is C33H38O18. The highest BCUT2D eigenvalue weighted by Gasteiger charge is 2.53. The number of rotatable bonds is 9. The highest BCUT2D eigenvalue weighted by Crippen LogP contribution is 2.44. The van der Waals surface area contributed by atoms with Crippen LogP contribution in [-0.2, 0) is 42.8 Å². The number of hydrogen-bond acceptors (Lipinski definition) is 18. The van der Waals surface area contributed by atoms with E-state index in [1.807, 2.05) is 0 Å². The first kappa shape index (κ1) is 37.5. The van der Waals surface area contributed by atoms with Gasteiger partial charge < -0.3 is 68.5 Å². The van der Waals surface area contributed by atoms with E-state index >= 15 is 0 Å². The van der Waals surface area contributed by atoms with Gasteiger partial charge >= 0.3 is 17.9 Å². The molecule has 0 amide bonds. The highest BCUT2D eigenvalue weighted by atomic mass is 16.8. The van der Waals surface area contributed by atoms with E-state index in [1.165, 1.54) is 25.1 Å². The van der Waals surface area contributed by atoms with Crippen molar-refractivity contribution in [2.75, 3.05) is 6.61 Å². The molecule has 2 fully saturated rings. The maximum Gasteiger partial charge on any atom is 0.303 e. The van der Waals surface area contributed by atoms with E-state index in [1.54, 1.807) is 0 Å². The van der Waals surface area contributed by atoms with Crippen molar-refractivity contribution in [1.82, 2.24) is 0 Å². The Morgan fingerprint density at radius 3 is 2.16 bits per heavy atom. The van der Waals surface area contributed by atoms with Gasteiger partial charge in [0.1, 0.15) is 77.5 Å². The summed E-state index contributed by atoms with van der Waals surface area (Å²) in [7, 11) is 0. The Hall–Kier alpha value is -4.72. The minimum absolute atomic E-state index is 0.0436. The van der Waals surface area contributed by atoms with E-state index in [0.717, 1.165) is 32.9 Å². The first-order chi connectivity index (χ1) is 24.0. The fourth-order valence-corrected chi connectivity index (χ4v) is 6.02. The topological polar surface area (TPSA) is 263 Å². The van der Waals surface area contributed by atoms with Crippen molar-refractivity contribution in [3.05, 3.63) is 41.5 Å². The maximum absolute atomic E-state index is 13.0. The number of carbonyl (C=O) groups excluding carboxylic acids is 4. The summed E-state index contributed by atoms with van der Waals surface area (Å²) >= 11 is 0. The number of ketones is 1. The van der Waals surface area contributed by atoms with Gasteiger partial charge in [-0.15, -0.1) is 0 Å². The highest BCUT2D eigenvalue weighted by molar-refractivity contribution is 6.02. The number of aliphatic hydroxyl groups excluding tert-OH is 3. The molecule has 5 rings (SSSR count). The fraction of sp³-hybridized carbons (Fsp3) is 0.515. The van der Waals surface area contributed by atoms with Gasteiger partial charge in [-0.25, -0.2) is 0 Å². The van der Waals surface area contributed by atoms with Crippen molar-refractivity contribution in [1.29, 1.82) is 0 Å². The van der Waals surface area contributed by atoms with Crippen molar-refractivity contribution < 1.29 is 87.7 Å². The second-order valence-corrected chi connectivity index (χ2v) is 12.2. The standard InChI is InChI=1S/C33H38O18/c1-12-26(41)30(51-32-28(43)27(42)29(46-14(3)35)24(50-32)11-44-13(2)34)31(47-15(4)36)33(45-12)49-21-6-5-16(37)7-18(21)22-10-20(40)25-19(39)8-17(38)9-23(25)48-22/h5-9,12,22,24,26-33,37-39,41-43H,10-11H2,1-4H3. The zero-order valence-corrected chi connectivity index (χ0v) is 27.7. The average Bonchev–Trinajstić information content (AvgIpc) is 3.03. The lowest BCUT2D eigenvalue weighted by Gasteiger charge is -2.46. The van der Waals surface area contributed by atoms with Crippen LogP contribution in [0.5, 0.6) is 28.7 Å². The molecule has 3 aliphatic heterocycles. The molecule has 2 saturated heterocycles. The monoisotopic (exact) mass is 722 g/mol. The number of ether oxygens (including phenoxy) is 8. The molecule has 0 saturated carbocycles. The molecule has 0 spiro atoms. The van der Waals surface area contributed by atoms with Crippen LogP contribution >= 0.6 is 0 Å². The molecule has 3 heterocycles. The van der Waals surface area contributed by atoms with Gasteiger partial charge in [0.2, 0.25) is 6.29 Å². The second kappa shape index (κ2) is 15.3. The van der Waals surface area contributed by atoms with E-state index in [4.69, 9.17) is 37.9 Å². The third kappa shape index (κ3) is 8.27. The number of esters is 3. The van der Waals surface area contributed by atoms with Gasteiger partial charge in [0.25, 0.3) is 0 Å². The van der Waals surface area contributed by atoms with Gasteiger partial charge in [0.15, 0.2) is 24.3 Å². The minimum atomic E-state index is -1.91. The molecule has 0 radical (unpaired) electrons. The summed E-state index contributed by atoms with van der Waals surface area (Å²) in [5, 5.41) is 63.6. The lowest BCUT2D eigenvalue weighted by Crippen LogP contribution is -2.65. The SMILES string of the molecule is CC(=O)OCC1OC(OC2C(O)C(C)OC(Oc3ccc(O)cc3C3CC(=O)c4c(O)cc(O)cc4O3)C2OC(C)=O)C(O)C(O)C1OC(C)=O. The van der Waals surface area contributed by atoms with Gasteiger partial charge in [-0.1, -0.05) is 0 Å². The van der Waals surface area contributed by atoms with Gasteiger partial charge in [0, 0.05) is 38.5 Å². The van der Waals surface area contributed by atoms with Crippen LogP contribution < -0.4 is 9.47 Å². The zero-order chi connectivity index (χ0) is 37.3. The molecule has 0 aromatic heterocycles. The Labute approximate surface area is 289 Å². The number of aromatic hydroxyl groups is 3. The van der Waals surface area contributed by atoms with E-state index in [-0.39, 0.29) is 40.5 Å². The molecule has 11 unspecified atom stereocenters. The van der Waals surface area contributed by atoms with Crippen molar-refractivity contribution in [3.8, 4) is 28.7 Å². The van der Waals surface area contributed by atoms with E-state index in [9.17, 15) is 49.8 Å². The number of benzene rings is 2. The normalized spacial score (nSPS) is 31.8. The minimum Gasteiger partial charge on any atom is -0.508 e. The zero-order valence-electron chi connectivity index (χ0n) is 27.7. The van der Waals surface area contributed by atoms with Crippen molar-refractivity contribution in [3.63, 3.8) is 0 Å². The summed E-state index contributed by atoms with van der Waals surface area (Å²) in [6.07, 6.45) is -17.2. The van der Waals surface area contributed by atoms with Crippen LogP contribution in [-0.4, -0.2) is 122 Å². The summed E-state index contributed by atoms with van der Waals surface area (Å²) in [5.41, 5.74) is -0.0382. The molecule has 18 nitrogen and oxygen atoms in total. The van der Waals surface area contributed by atoms with Crippen LogP contribution in [0.3, 0.4) is 0 Å². The molecule has 2 aromatic carbocycles. The maximum atomic E-state index is 13.0. The predicted molar refractivity (Wildman–Crippen MR) is 164 cm³/mol. The van der Waals surface area contributed by atoms with Crippen LogP contribution in [0.4, 0.5) is 0 Å². The van der Waals surface area contributed by atoms with Crippen LogP contribution in [0, 0.1) is 0 Å². The van der Waals surface area contributed by atoms with Crippen LogP contribution in [0.25, 0.3) is 0 Å². The van der Waals surface area contributed by atoms with Crippen LogP contribution in [0.2, 0.25) is 0 Å². The predicted octanol–water partition coefficient (Wildman–Crippen LogP) is 0.253. The lowest BCUT2D eigenvalue weighted by atomic mass is 9.94. The Balaban J connectivity index is 1.44. The van der Waals surface area contributed by atoms with E-state index < -0.39 is 104 Å². The van der Waals surface area contributed by atoms with Gasteiger partial charge in [-0.2, -0.15) is 0 Å². The number of aliphatic hydroxyl groups is 3. The third-order valence-corrected chi connectivity index (χ3v) is 8.31. The Morgan fingerprint density at radius 2 is 1.49 bits per heavy atom. The molecule has 2 aromatic rings. The van der Waals surface area contributed by atoms with Crippen molar-refractivity contribution in [2.45, 2.75) is 102 Å². The van der Waals surface area contributed by atoms with Crippen molar-refractivity contribution >= 4 is 23.7 Å². The smallest absolute Gasteiger partial charge is 0.303 e. The Kier molecular flexibility index (Phi) is 11.2. The van der Waals surface area contributed by atoms with E-state index in [0.29, 0.717) is 0 Å². The number of hydrogen-bond donors (Lipinski definition) is 6. The molecule has 3 aliphatic rings. The van der Waals surface area contributed by atoms with Gasteiger partial charge in [0.05, 0.1) is 12.5 Å². The second-order valence-electron chi connectivity index (χ2n) is 12.2. The summed E-state index contributed by atoms with van der Waals surface area (Å²) in [5.74, 6) is -4.25. The van der Waals surface area contributed by atoms with Gasteiger partial charge in [-0.3, -0.25) is 19.2 Å². The number of Topliss-reactive ketones (excluding diaryl/α,β-unsaturated/α-hetero) is 1. The quantitative estimate of drug-likeness (QED) is 0.150. The number of fused-ring (bicyclic) bond motifs is 1. The first-order valence-corrected chi connectivity index (χ1v) is 15.8. The molecule has 0 bridgehead atoms. The van der Waals surface area contributed by atoms with Crippen LogP contribution in [0.15, 0.2) is 30.3 Å². The third-order valence-electron chi connectivity index (χ3n) is 8.31. The largest absolute Gasteiger partial charge is 0.508 e. The Bertz CT molecular complexity index is 1640. The fourth-order valence-electron chi connectivity index (χ4n) is 6.02. The summed E-state index contributed by atoms with van der Waals surface area (Å²) in [4.78, 5) is 48.6. The molecule has 11 atom stereocenters. The number of phenolic OH excluding ortho intramolecular Hbond substituents is 3.